The van der Waals surface area contributed by atoms with Crippen molar-refractivity contribution in [2.75, 3.05) is 31.1 Å². The van der Waals surface area contributed by atoms with Gasteiger partial charge in [0.05, 0.1) is 37.3 Å². The van der Waals surface area contributed by atoms with Crippen molar-refractivity contribution in [3.8, 4) is 5.75 Å². The maximum atomic E-state index is 12.9. The predicted molar refractivity (Wildman–Crippen MR) is 123 cm³/mol. The van der Waals surface area contributed by atoms with Crippen LogP contribution >= 0.6 is 11.3 Å². The summed E-state index contributed by atoms with van der Waals surface area (Å²) in [7, 11) is 0. The number of benzene rings is 1. The summed E-state index contributed by atoms with van der Waals surface area (Å²) in [4.78, 5) is 26.5. The van der Waals surface area contributed by atoms with Crippen molar-refractivity contribution in [1.29, 1.82) is 0 Å². The first kappa shape index (κ1) is 20.9. The number of para-hydroxylation sites is 2. The fourth-order valence-corrected chi connectivity index (χ4v) is 5.32. The first-order chi connectivity index (χ1) is 14.5. The number of phenols is 1. The molecular formula is C23H31N4O2S+. The number of aromatic nitrogens is 2. The van der Waals surface area contributed by atoms with E-state index in [1.54, 1.807) is 17.4 Å². The van der Waals surface area contributed by atoms with Crippen LogP contribution in [0.3, 0.4) is 0 Å². The Kier molecular flexibility index (Phi) is 6.11. The molecule has 0 saturated carbocycles. The van der Waals surface area contributed by atoms with E-state index in [2.05, 4.69) is 30.7 Å². The summed E-state index contributed by atoms with van der Waals surface area (Å²) in [6, 6.07) is 7.50. The zero-order valence-corrected chi connectivity index (χ0v) is 18.8. The van der Waals surface area contributed by atoms with Crippen molar-refractivity contribution in [2.45, 2.75) is 40.2 Å². The average molecular weight is 428 g/mol. The SMILES string of the molecule is CC[C@H](C)Cc1c(C)sc2nc(C[NH+]3CCN(c4ccccc4O)CC3)[nH]c(=O)c12. The molecule has 1 aliphatic rings. The number of phenolic OH excluding ortho intramolecular Hbond substituents is 1. The molecule has 160 valence electrons. The summed E-state index contributed by atoms with van der Waals surface area (Å²) in [5, 5.41) is 10.9. The number of nitrogens with zero attached hydrogens (tertiary/aromatic N) is 2. The Hall–Kier alpha value is -2.38. The van der Waals surface area contributed by atoms with E-state index in [4.69, 9.17) is 4.98 Å². The first-order valence-electron chi connectivity index (χ1n) is 10.8. The lowest BCUT2D eigenvalue weighted by atomic mass is 9.98. The summed E-state index contributed by atoms with van der Waals surface area (Å²) in [5.41, 5.74) is 2.07. The molecule has 0 bridgehead atoms. The molecule has 7 heteroatoms. The molecule has 30 heavy (non-hydrogen) atoms. The van der Waals surface area contributed by atoms with E-state index >= 15 is 0 Å². The number of H-pyrrole nitrogens is 1. The molecule has 6 nitrogen and oxygen atoms in total. The summed E-state index contributed by atoms with van der Waals surface area (Å²) >= 11 is 1.64. The van der Waals surface area contributed by atoms with Gasteiger partial charge < -0.3 is 19.9 Å². The van der Waals surface area contributed by atoms with Gasteiger partial charge in [-0.15, -0.1) is 11.3 Å². The van der Waals surface area contributed by atoms with Crippen molar-refractivity contribution >= 4 is 27.2 Å². The Morgan fingerprint density at radius 2 is 2.03 bits per heavy atom. The van der Waals surface area contributed by atoms with E-state index in [0.717, 1.165) is 67.3 Å². The second kappa shape index (κ2) is 8.78. The Morgan fingerprint density at radius 1 is 1.30 bits per heavy atom. The molecule has 1 saturated heterocycles. The second-order valence-corrected chi connectivity index (χ2v) is 9.65. The van der Waals surface area contributed by atoms with E-state index in [9.17, 15) is 9.90 Å². The molecule has 4 rings (SSSR count). The van der Waals surface area contributed by atoms with Gasteiger partial charge in [0.2, 0.25) is 0 Å². The van der Waals surface area contributed by atoms with Crippen molar-refractivity contribution in [2.24, 2.45) is 5.92 Å². The lowest BCUT2D eigenvalue weighted by molar-refractivity contribution is -0.915. The summed E-state index contributed by atoms with van der Waals surface area (Å²) in [6.07, 6.45) is 2.04. The Balaban J connectivity index is 1.47. The normalized spacial score (nSPS) is 16.3. The van der Waals surface area contributed by atoms with Gasteiger partial charge >= 0.3 is 0 Å². The van der Waals surface area contributed by atoms with E-state index in [-0.39, 0.29) is 5.56 Å². The van der Waals surface area contributed by atoms with Gasteiger partial charge in [0.1, 0.15) is 17.1 Å². The number of nitrogens with one attached hydrogen (secondary N) is 2. The highest BCUT2D eigenvalue weighted by molar-refractivity contribution is 7.18. The third kappa shape index (κ3) is 4.23. The van der Waals surface area contributed by atoms with E-state index in [1.165, 1.54) is 15.3 Å². The van der Waals surface area contributed by atoms with Crippen LogP contribution in [0.1, 0.15) is 36.5 Å². The number of fused-ring (bicyclic) bond motifs is 1. The minimum absolute atomic E-state index is 0.00453. The molecular weight excluding hydrogens is 396 g/mol. The van der Waals surface area contributed by atoms with Gasteiger partial charge in [-0.3, -0.25) is 4.79 Å². The minimum Gasteiger partial charge on any atom is -0.506 e. The number of hydrogen-bond acceptors (Lipinski definition) is 5. The van der Waals surface area contributed by atoms with Crippen molar-refractivity contribution in [1.82, 2.24) is 9.97 Å². The molecule has 1 aliphatic heterocycles. The molecule has 0 unspecified atom stereocenters. The van der Waals surface area contributed by atoms with Crippen molar-refractivity contribution in [3.05, 3.63) is 50.9 Å². The van der Waals surface area contributed by atoms with Gasteiger partial charge in [0.25, 0.3) is 5.56 Å². The van der Waals surface area contributed by atoms with Gasteiger partial charge in [-0.1, -0.05) is 32.4 Å². The fraction of sp³-hybridized carbons (Fsp3) is 0.478. The molecule has 0 spiro atoms. The Labute approximate surface area is 181 Å². The van der Waals surface area contributed by atoms with Crippen LogP contribution in [-0.2, 0) is 13.0 Å². The van der Waals surface area contributed by atoms with Gasteiger partial charge in [0.15, 0.2) is 5.82 Å². The predicted octanol–water partition coefficient (Wildman–Crippen LogP) is 2.49. The molecule has 0 radical (unpaired) electrons. The zero-order chi connectivity index (χ0) is 21.3. The topological polar surface area (TPSA) is 73.7 Å². The fourth-order valence-electron chi connectivity index (χ4n) is 4.25. The van der Waals surface area contributed by atoms with Crippen LogP contribution in [-0.4, -0.2) is 41.3 Å². The van der Waals surface area contributed by atoms with Crippen LogP contribution in [0.15, 0.2) is 29.1 Å². The van der Waals surface area contributed by atoms with E-state index in [0.29, 0.717) is 11.7 Å². The van der Waals surface area contributed by atoms with E-state index < -0.39 is 0 Å². The molecule has 1 atom stereocenters. The van der Waals surface area contributed by atoms with Crippen LogP contribution in [0.5, 0.6) is 5.75 Å². The molecule has 3 N–H and O–H groups in total. The number of quaternary nitrogens is 1. The standard InChI is InChI=1S/C23H30N4O2S/c1-4-15(2)13-17-16(3)30-23-21(17)22(29)24-20(25-23)14-26-9-11-27(12-10-26)18-7-5-6-8-19(18)28/h5-8,15,28H,4,9-14H2,1-3H3,(H,24,25,29)/p+1/t15-/m0/s1. The maximum absolute atomic E-state index is 12.9. The third-order valence-electron chi connectivity index (χ3n) is 6.27. The highest BCUT2D eigenvalue weighted by Gasteiger charge is 2.23. The monoisotopic (exact) mass is 427 g/mol. The van der Waals surface area contributed by atoms with Gasteiger partial charge in [0, 0.05) is 4.88 Å². The zero-order valence-electron chi connectivity index (χ0n) is 18.0. The number of rotatable bonds is 6. The van der Waals surface area contributed by atoms with Crippen LogP contribution < -0.4 is 15.4 Å². The summed E-state index contributed by atoms with van der Waals surface area (Å²) in [5.74, 6) is 1.67. The molecule has 0 aliphatic carbocycles. The first-order valence-corrected chi connectivity index (χ1v) is 11.7. The molecule has 1 fully saturated rings. The maximum Gasteiger partial charge on any atom is 0.260 e. The van der Waals surface area contributed by atoms with Crippen LogP contribution in [0, 0.1) is 12.8 Å². The molecule has 3 heterocycles. The summed E-state index contributed by atoms with van der Waals surface area (Å²) in [6.45, 7) is 10.9. The summed E-state index contributed by atoms with van der Waals surface area (Å²) < 4.78 is 0. The largest absolute Gasteiger partial charge is 0.506 e. The second-order valence-electron chi connectivity index (χ2n) is 8.45. The van der Waals surface area contributed by atoms with Crippen molar-refractivity contribution < 1.29 is 10.0 Å². The number of aromatic amines is 1. The Bertz CT molecular complexity index is 1080. The minimum atomic E-state index is 0.00453. The van der Waals surface area contributed by atoms with Gasteiger partial charge in [-0.05, 0) is 37.0 Å². The molecule has 1 aromatic carbocycles. The number of thiophene rings is 1. The number of aromatic hydroxyl groups is 1. The highest BCUT2D eigenvalue weighted by atomic mass is 32.1. The number of piperazine rings is 1. The Morgan fingerprint density at radius 3 is 2.73 bits per heavy atom. The average Bonchev–Trinajstić information content (AvgIpc) is 3.04. The van der Waals surface area contributed by atoms with E-state index in [1.807, 2.05) is 18.2 Å². The number of hydrogen-bond donors (Lipinski definition) is 3. The molecule has 0 amide bonds. The quantitative estimate of drug-likeness (QED) is 0.565. The lowest BCUT2D eigenvalue weighted by Gasteiger charge is -2.33. The number of anilines is 1. The van der Waals surface area contributed by atoms with Gasteiger partial charge in [-0.25, -0.2) is 4.98 Å². The van der Waals surface area contributed by atoms with Crippen LogP contribution in [0.25, 0.3) is 10.2 Å². The lowest BCUT2D eigenvalue weighted by Crippen LogP contribution is -3.13. The third-order valence-corrected chi connectivity index (χ3v) is 7.31. The van der Waals surface area contributed by atoms with Crippen molar-refractivity contribution in [3.63, 3.8) is 0 Å². The molecule has 2 aromatic heterocycles. The van der Waals surface area contributed by atoms with Crippen LogP contribution in [0.4, 0.5) is 5.69 Å². The number of aryl methyl sites for hydroxylation is 1. The smallest absolute Gasteiger partial charge is 0.260 e. The van der Waals surface area contributed by atoms with Gasteiger partial charge in [-0.2, -0.15) is 0 Å². The molecule has 3 aromatic rings. The highest BCUT2D eigenvalue weighted by Crippen LogP contribution is 2.29. The van der Waals surface area contributed by atoms with Crippen LogP contribution in [0.2, 0.25) is 0 Å².